The lowest BCUT2D eigenvalue weighted by atomic mass is 10.0. The first-order valence-electron chi connectivity index (χ1n) is 8.56. The maximum absolute atomic E-state index is 12.4. The molecule has 2 aromatic rings. The number of nitrogens with one attached hydrogen (secondary N) is 1. The van der Waals surface area contributed by atoms with Crippen molar-refractivity contribution >= 4 is 22.4 Å². The second-order valence-electron chi connectivity index (χ2n) is 6.88. The van der Waals surface area contributed by atoms with Crippen LogP contribution >= 0.6 is 11.3 Å². The fourth-order valence-electron chi connectivity index (χ4n) is 3.15. The van der Waals surface area contributed by atoms with Crippen LogP contribution < -0.4 is 5.32 Å². The lowest BCUT2D eigenvalue weighted by Crippen LogP contribution is -2.33. The summed E-state index contributed by atoms with van der Waals surface area (Å²) in [5.74, 6) is 0.673. The predicted molar refractivity (Wildman–Crippen MR) is 99.7 cm³/mol. The second kappa shape index (κ2) is 7.45. The minimum Gasteiger partial charge on any atom is -0.298 e. The van der Waals surface area contributed by atoms with Crippen molar-refractivity contribution in [2.75, 3.05) is 18.4 Å². The molecule has 1 saturated heterocycles. The fourth-order valence-corrected chi connectivity index (χ4v) is 3.84. The summed E-state index contributed by atoms with van der Waals surface area (Å²) in [6.45, 7) is 9.54. The van der Waals surface area contributed by atoms with Gasteiger partial charge in [0, 0.05) is 24.0 Å². The van der Waals surface area contributed by atoms with E-state index >= 15 is 0 Å². The molecule has 3 rings (SSSR count). The first-order chi connectivity index (χ1) is 11.5. The largest absolute Gasteiger partial charge is 0.298 e. The van der Waals surface area contributed by atoms with Crippen LogP contribution in [0.25, 0.3) is 0 Å². The number of rotatable bonds is 4. The number of carbonyl (C=O) groups excluding carboxylic acids is 1. The number of hydrogen-bond acceptors (Lipinski definition) is 4. The Bertz CT molecular complexity index is 725. The van der Waals surface area contributed by atoms with Crippen LogP contribution in [-0.4, -0.2) is 28.9 Å². The quantitative estimate of drug-likeness (QED) is 0.903. The molecule has 1 fully saturated rings. The predicted octanol–water partition coefficient (Wildman–Crippen LogP) is 4.24. The molecule has 128 valence electrons. The Morgan fingerprint density at radius 1 is 1.38 bits per heavy atom. The van der Waals surface area contributed by atoms with E-state index in [1.165, 1.54) is 29.7 Å². The number of hydrogen-bond donors (Lipinski definition) is 1. The molecule has 1 unspecified atom stereocenters. The van der Waals surface area contributed by atoms with Gasteiger partial charge in [-0.2, -0.15) is 0 Å². The van der Waals surface area contributed by atoms with E-state index in [2.05, 4.69) is 27.5 Å². The lowest BCUT2D eigenvalue weighted by Gasteiger charge is -2.30. The molecule has 24 heavy (non-hydrogen) atoms. The van der Waals surface area contributed by atoms with E-state index in [9.17, 15) is 4.79 Å². The van der Waals surface area contributed by atoms with Crippen LogP contribution in [0, 0.1) is 19.8 Å². The number of carbonyl (C=O) groups is 1. The van der Waals surface area contributed by atoms with E-state index < -0.39 is 0 Å². The monoisotopic (exact) mass is 343 g/mol. The molecule has 5 heteroatoms. The fraction of sp³-hybridized carbons (Fsp3) is 0.474. The Morgan fingerprint density at radius 2 is 2.21 bits per heavy atom. The highest BCUT2D eigenvalue weighted by molar-refractivity contribution is 7.13. The highest BCUT2D eigenvalue weighted by Gasteiger charge is 2.17. The number of aromatic nitrogens is 1. The third kappa shape index (κ3) is 4.22. The van der Waals surface area contributed by atoms with Gasteiger partial charge in [0.25, 0.3) is 5.91 Å². The van der Waals surface area contributed by atoms with E-state index in [0.29, 0.717) is 10.7 Å². The molecule has 0 aliphatic carbocycles. The topological polar surface area (TPSA) is 45.2 Å². The van der Waals surface area contributed by atoms with Gasteiger partial charge in [0.2, 0.25) is 0 Å². The van der Waals surface area contributed by atoms with Gasteiger partial charge in [-0.15, -0.1) is 11.3 Å². The number of likely N-dealkylation sites (tertiary alicyclic amines) is 1. The number of nitrogens with zero attached hydrogens (tertiary/aromatic N) is 2. The van der Waals surface area contributed by atoms with Crippen LogP contribution in [0.3, 0.4) is 0 Å². The summed E-state index contributed by atoms with van der Waals surface area (Å²) in [7, 11) is 0. The SMILES string of the molecule is Cc1ccc(C(=O)Nc2nc(CN3CCCC(C)C3)cs2)cc1C. The molecule has 2 heterocycles. The maximum Gasteiger partial charge on any atom is 0.257 e. The molecule has 0 bridgehead atoms. The number of benzene rings is 1. The van der Waals surface area contributed by atoms with Gasteiger partial charge < -0.3 is 0 Å². The molecule has 1 aliphatic rings. The molecule has 0 radical (unpaired) electrons. The van der Waals surface area contributed by atoms with Crippen molar-refractivity contribution in [3.63, 3.8) is 0 Å². The van der Waals surface area contributed by atoms with Crippen LogP contribution in [-0.2, 0) is 6.54 Å². The van der Waals surface area contributed by atoms with E-state index in [4.69, 9.17) is 0 Å². The minimum atomic E-state index is -0.0920. The van der Waals surface area contributed by atoms with Gasteiger partial charge in [-0.05, 0) is 62.4 Å². The molecule has 0 saturated carbocycles. The van der Waals surface area contributed by atoms with Crippen LogP contribution in [0.1, 0.15) is 46.9 Å². The zero-order valence-electron chi connectivity index (χ0n) is 14.6. The molecular weight excluding hydrogens is 318 g/mol. The number of thiazole rings is 1. The van der Waals surface area contributed by atoms with Gasteiger partial charge in [0.15, 0.2) is 5.13 Å². The Hall–Kier alpha value is -1.72. The van der Waals surface area contributed by atoms with Gasteiger partial charge >= 0.3 is 0 Å². The van der Waals surface area contributed by atoms with Gasteiger partial charge in [-0.3, -0.25) is 15.0 Å². The summed E-state index contributed by atoms with van der Waals surface area (Å²) in [5, 5.41) is 5.65. The van der Waals surface area contributed by atoms with Crippen molar-refractivity contribution in [2.45, 2.75) is 40.2 Å². The van der Waals surface area contributed by atoms with Crippen LogP contribution in [0.5, 0.6) is 0 Å². The molecule has 1 aromatic carbocycles. The summed E-state index contributed by atoms with van der Waals surface area (Å²) in [5.41, 5.74) is 4.05. The van der Waals surface area contributed by atoms with E-state index in [-0.39, 0.29) is 5.91 Å². The summed E-state index contributed by atoms with van der Waals surface area (Å²) in [4.78, 5) is 19.4. The van der Waals surface area contributed by atoms with Crippen molar-refractivity contribution < 1.29 is 4.79 Å². The smallest absolute Gasteiger partial charge is 0.257 e. The maximum atomic E-state index is 12.4. The zero-order chi connectivity index (χ0) is 17.1. The minimum absolute atomic E-state index is 0.0920. The third-order valence-corrected chi connectivity index (χ3v) is 5.47. The second-order valence-corrected chi connectivity index (χ2v) is 7.74. The summed E-state index contributed by atoms with van der Waals surface area (Å²) in [6, 6.07) is 5.77. The molecule has 1 aliphatic heterocycles. The van der Waals surface area contributed by atoms with Crippen molar-refractivity contribution in [3.05, 3.63) is 46.0 Å². The molecular formula is C19H25N3OS. The van der Waals surface area contributed by atoms with Crippen molar-refractivity contribution in [2.24, 2.45) is 5.92 Å². The zero-order valence-corrected chi connectivity index (χ0v) is 15.4. The van der Waals surface area contributed by atoms with E-state index in [1.54, 1.807) is 0 Å². The number of aryl methyl sites for hydroxylation is 2. The molecule has 1 N–H and O–H groups in total. The number of piperidine rings is 1. The Labute approximate surface area is 147 Å². The average molecular weight is 343 g/mol. The van der Waals surface area contributed by atoms with Crippen molar-refractivity contribution in [3.8, 4) is 0 Å². The van der Waals surface area contributed by atoms with Gasteiger partial charge in [0.05, 0.1) is 5.69 Å². The Morgan fingerprint density at radius 3 is 2.96 bits per heavy atom. The third-order valence-electron chi connectivity index (χ3n) is 4.67. The van der Waals surface area contributed by atoms with Gasteiger partial charge in [-0.1, -0.05) is 13.0 Å². The Kier molecular flexibility index (Phi) is 5.31. The molecule has 4 nitrogen and oxygen atoms in total. The highest BCUT2D eigenvalue weighted by atomic mass is 32.1. The van der Waals surface area contributed by atoms with Crippen molar-refractivity contribution in [1.29, 1.82) is 0 Å². The first-order valence-corrected chi connectivity index (χ1v) is 9.44. The number of anilines is 1. The lowest BCUT2D eigenvalue weighted by molar-refractivity contribution is 0.102. The average Bonchev–Trinajstić information content (AvgIpc) is 2.97. The standard InChI is InChI=1S/C19H25N3OS/c1-13-5-4-8-22(10-13)11-17-12-24-19(20-17)21-18(23)16-7-6-14(2)15(3)9-16/h6-7,9,12-13H,4-5,8,10-11H2,1-3H3,(H,20,21,23). The normalized spacial score (nSPS) is 18.5. The summed E-state index contributed by atoms with van der Waals surface area (Å²) >= 11 is 1.50. The number of amides is 1. The van der Waals surface area contributed by atoms with Gasteiger partial charge in [0.1, 0.15) is 0 Å². The highest BCUT2D eigenvalue weighted by Crippen LogP contribution is 2.21. The molecule has 1 amide bonds. The Balaban J connectivity index is 1.61. The molecule has 1 aromatic heterocycles. The summed E-state index contributed by atoms with van der Waals surface area (Å²) in [6.07, 6.45) is 2.59. The van der Waals surface area contributed by atoms with Crippen LogP contribution in [0.4, 0.5) is 5.13 Å². The molecule has 0 spiro atoms. The summed E-state index contributed by atoms with van der Waals surface area (Å²) < 4.78 is 0. The van der Waals surface area contributed by atoms with Gasteiger partial charge in [-0.25, -0.2) is 4.98 Å². The van der Waals surface area contributed by atoms with Crippen LogP contribution in [0.2, 0.25) is 0 Å². The molecule has 1 atom stereocenters. The first kappa shape index (κ1) is 17.1. The van der Waals surface area contributed by atoms with E-state index in [1.807, 2.05) is 32.0 Å². The van der Waals surface area contributed by atoms with Crippen LogP contribution in [0.15, 0.2) is 23.6 Å². The van der Waals surface area contributed by atoms with E-state index in [0.717, 1.165) is 36.8 Å². The van der Waals surface area contributed by atoms with Crippen molar-refractivity contribution in [1.82, 2.24) is 9.88 Å².